The molecule has 0 radical (unpaired) electrons. The van der Waals surface area contributed by atoms with Crippen LogP contribution in [0.5, 0.6) is 0 Å². The molecule has 0 saturated carbocycles. The first-order valence-electron chi connectivity index (χ1n) is 7.06. The van der Waals surface area contributed by atoms with E-state index in [4.69, 9.17) is 0 Å². The summed E-state index contributed by atoms with van der Waals surface area (Å²) in [4.78, 5) is 4.46. The predicted octanol–water partition coefficient (Wildman–Crippen LogP) is 3.69. The molecule has 0 aliphatic rings. The van der Waals surface area contributed by atoms with Crippen molar-refractivity contribution in [1.29, 1.82) is 0 Å². The van der Waals surface area contributed by atoms with Crippen molar-refractivity contribution < 1.29 is 5.11 Å². The average molecular weight is 278 g/mol. The Kier molecular flexibility index (Phi) is 3.84. The highest BCUT2D eigenvalue weighted by Gasteiger charge is 2.14. The summed E-state index contributed by atoms with van der Waals surface area (Å²) in [6, 6.07) is 17.9. The van der Waals surface area contributed by atoms with Crippen LogP contribution < -0.4 is 5.32 Å². The second-order valence-corrected chi connectivity index (χ2v) is 5.12. The van der Waals surface area contributed by atoms with Gasteiger partial charge in [-0.25, -0.2) is 0 Å². The van der Waals surface area contributed by atoms with Gasteiger partial charge < -0.3 is 10.4 Å². The molecule has 1 aromatic heterocycles. The van der Waals surface area contributed by atoms with Crippen LogP contribution in [-0.4, -0.2) is 16.7 Å². The van der Waals surface area contributed by atoms with Crippen molar-refractivity contribution in [2.45, 2.75) is 13.0 Å². The SMILES string of the molecule is Cc1ccccc1NC(CO)c1cccc2cccnc12. The summed E-state index contributed by atoms with van der Waals surface area (Å²) in [6.45, 7) is 2.07. The van der Waals surface area contributed by atoms with E-state index in [9.17, 15) is 5.11 Å². The highest BCUT2D eigenvalue weighted by molar-refractivity contribution is 5.82. The van der Waals surface area contributed by atoms with Gasteiger partial charge in [0.2, 0.25) is 0 Å². The number of hydrogen-bond acceptors (Lipinski definition) is 3. The van der Waals surface area contributed by atoms with Crippen molar-refractivity contribution in [2.75, 3.05) is 11.9 Å². The zero-order valence-electron chi connectivity index (χ0n) is 12.0. The number of aliphatic hydroxyl groups excluding tert-OH is 1. The maximum atomic E-state index is 9.80. The van der Waals surface area contributed by atoms with E-state index in [-0.39, 0.29) is 12.6 Å². The summed E-state index contributed by atoms with van der Waals surface area (Å²) in [5.74, 6) is 0. The molecule has 1 heterocycles. The van der Waals surface area contributed by atoms with Gasteiger partial charge >= 0.3 is 0 Å². The molecule has 21 heavy (non-hydrogen) atoms. The lowest BCUT2D eigenvalue weighted by Gasteiger charge is -2.20. The average Bonchev–Trinajstić information content (AvgIpc) is 2.54. The molecule has 2 aromatic carbocycles. The zero-order chi connectivity index (χ0) is 14.7. The van der Waals surface area contributed by atoms with Crippen molar-refractivity contribution in [3.63, 3.8) is 0 Å². The molecule has 106 valence electrons. The number of rotatable bonds is 4. The molecule has 0 amide bonds. The Morgan fingerprint density at radius 3 is 2.67 bits per heavy atom. The third-order valence-electron chi connectivity index (χ3n) is 3.70. The minimum Gasteiger partial charge on any atom is -0.394 e. The second kappa shape index (κ2) is 5.94. The van der Waals surface area contributed by atoms with E-state index < -0.39 is 0 Å². The molecule has 0 fully saturated rings. The number of benzene rings is 2. The maximum Gasteiger partial charge on any atom is 0.0766 e. The Morgan fingerprint density at radius 1 is 1.05 bits per heavy atom. The minimum atomic E-state index is -0.176. The van der Waals surface area contributed by atoms with Crippen molar-refractivity contribution >= 4 is 16.6 Å². The Hall–Kier alpha value is -2.39. The third-order valence-corrected chi connectivity index (χ3v) is 3.70. The molecule has 1 atom stereocenters. The van der Waals surface area contributed by atoms with Crippen molar-refractivity contribution in [3.05, 3.63) is 71.9 Å². The topological polar surface area (TPSA) is 45.1 Å². The van der Waals surface area contributed by atoms with Crippen LogP contribution in [0.2, 0.25) is 0 Å². The number of aryl methyl sites for hydroxylation is 1. The first-order chi connectivity index (χ1) is 10.3. The quantitative estimate of drug-likeness (QED) is 0.765. The molecule has 3 heteroatoms. The smallest absolute Gasteiger partial charge is 0.0766 e. The molecule has 0 aliphatic heterocycles. The van der Waals surface area contributed by atoms with Gasteiger partial charge in [0.15, 0.2) is 0 Å². The first kappa shape index (κ1) is 13.6. The summed E-state index contributed by atoms with van der Waals surface area (Å²) in [6.07, 6.45) is 1.79. The number of nitrogens with one attached hydrogen (secondary N) is 1. The number of nitrogens with zero attached hydrogens (tertiary/aromatic N) is 1. The van der Waals surface area contributed by atoms with E-state index in [0.717, 1.165) is 27.7 Å². The summed E-state index contributed by atoms with van der Waals surface area (Å²) >= 11 is 0. The fourth-order valence-corrected chi connectivity index (χ4v) is 2.55. The molecule has 0 bridgehead atoms. The highest BCUT2D eigenvalue weighted by Crippen LogP contribution is 2.26. The zero-order valence-corrected chi connectivity index (χ0v) is 12.0. The van der Waals surface area contributed by atoms with E-state index >= 15 is 0 Å². The van der Waals surface area contributed by atoms with E-state index in [1.165, 1.54) is 0 Å². The molecular formula is C18H18N2O. The van der Waals surface area contributed by atoms with E-state index in [2.05, 4.69) is 23.3 Å². The van der Waals surface area contributed by atoms with E-state index in [1.54, 1.807) is 6.20 Å². The monoisotopic (exact) mass is 278 g/mol. The predicted molar refractivity (Wildman–Crippen MR) is 86.4 cm³/mol. The fraction of sp³-hybridized carbons (Fsp3) is 0.167. The van der Waals surface area contributed by atoms with Crippen molar-refractivity contribution in [3.8, 4) is 0 Å². The maximum absolute atomic E-state index is 9.80. The summed E-state index contributed by atoms with van der Waals surface area (Å²) < 4.78 is 0. The molecule has 0 aliphatic carbocycles. The van der Waals surface area contributed by atoms with Crippen LogP contribution in [0.4, 0.5) is 5.69 Å². The van der Waals surface area contributed by atoms with Gasteiger partial charge in [0.25, 0.3) is 0 Å². The van der Waals surface area contributed by atoms with Crippen LogP contribution >= 0.6 is 0 Å². The number of pyridine rings is 1. The van der Waals surface area contributed by atoms with Crippen LogP contribution in [0.25, 0.3) is 10.9 Å². The van der Waals surface area contributed by atoms with Gasteiger partial charge in [-0.05, 0) is 24.6 Å². The Labute approximate surface area is 124 Å². The molecule has 3 aromatic rings. The number of para-hydroxylation sites is 2. The van der Waals surface area contributed by atoms with Crippen LogP contribution in [0.15, 0.2) is 60.8 Å². The molecule has 3 nitrogen and oxygen atoms in total. The number of fused-ring (bicyclic) bond motifs is 1. The lowest BCUT2D eigenvalue weighted by molar-refractivity contribution is 0.277. The molecular weight excluding hydrogens is 260 g/mol. The molecule has 0 spiro atoms. The van der Waals surface area contributed by atoms with Gasteiger partial charge in [-0.3, -0.25) is 4.98 Å². The van der Waals surface area contributed by atoms with E-state index in [1.807, 2.05) is 48.5 Å². The van der Waals surface area contributed by atoms with Gasteiger partial charge in [-0.2, -0.15) is 0 Å². The molecule has 1 unspecified atom stereocenters. The summed E-state index contributed by atoms with van der Waals surface area (Å²) in [5.41, 5.74) is 4.13. The van der Waals surface area contributed by atoms with Gasteiger partial charge in [0.1, 0.15) is 0 Å². The van der Waals surface area contributed by atoms with E-state index in [0.29, 0.717) is 0 Å². The normalized spacial score (nSPS) is 12.3. The van der Waals surface area contributed by atoms with Crippen molar-refractivity contribution in [1.82, 2.24) is 4.98 Å². The third kappa shape index (κ3) is 2.73. The molecule has 3 rings (SSSR count). The Bertz CT molecular complexity index is 750. The number of aliphatic hydroxyl groups is 1. The minimum absolute atomic E-state index is 0.0179. The lowest BCUT2D eigenvalue weighted by atomic mass is 10.0. The highest BCUT2D eigenvalue weighted by atomic mass is 16.3. The summed E-state index contributed by atoms with van der Waals surface area (Å²) in [5, 5.41) is 14.3. The number of aromatic nitrogens is 1. The lowest BCUT2D eigenvalue weighted by Crippen LogP contribution is -2.16. The standard InChI is InChI=1S/C18H18N2O/c1-13-6-2-3-10-16(13)20-17(12-21)15-9-4-7-14-8-5-11-19-18(14)15/h2-11,17,20-21H,12H2,1H3. The second-order valence-electron chi connectivity index (χ2n) is 5.12. The first-order valence-corrected chi connectivity index (χ1v) is 7.06. The Balaban J connectivity index is 2.01. The summed E-state index contributed by atoms with van der Waals surface area (Å²) in [7, 11) is 0. The van der Waals surface area contributed by atoms with Gasteiger partial charge in [0, 0.05) is 22.8 Å². The number of anilines is 1. The number of hydrogen-bond donors (Lipinski definition) is 2. The molecule has 2 N–H and O–H groups in total. The van der Waals surface area contributed by atoms with Gasteiger partial charge in [-0.15, -0.1) is 0 Å². The van der Waals surface area contributed by atoms with Gasteiger partial charge in [0.05, 0.1) is 18.2 Å². The van der Waals surface area contributed by atoms with Crippen LogP contribution in [0, 0.1) is 6.92 Å². The fourth-order valence-electron chi connectivity index (χ4n) is 2.55. The molecule has 0 saturated heterocycles. The van der Waals surface area contributed by atoms with Crippen molar-refractivity contribution in [2.24, 2.45) is 0 Å². The largest absolute Gasteiger partial charge is 0.394 e. The van der Waals surface area contributed by atoms with Crippen LogP contribution in [0.1, 0.15) is 17.2 Å². The van der Waals surface area contributed by atoms with Gasteiger partial charge in [-0.1, -0.05) is 42.5 Å². The van der Waals surface area contributed by atoms with Crippen LogP contribution in [0.3, 0.4) is 0 Å². The van der Waals surface area contributed by atoms with Crippen LogP contribution in [-0.2, 0) is 0 Å². The Morgan fingerprint density at radius 2 is 1.86 bits per heavy atom.